The third-order valence-electron chi connectivity index (χ3n) is 4.36. The molecule has 3 heterocycles. The van der Waals surface area contributed by atoms with E-state index in [4.69, 9.17) is 9.47 Å². The van der Waals surface area contributed by atoms with E-state index in [0.717, 1.165) is 4.48 Å². The minimum atomic E-state index is -1.12. The SMILES string of the molecule is O=C1NC(=O)[C@@]2(N1)C1CC(Br)=CC=C1O[C@H]1C=CCO[C@@H]12. The van der Waals surface area contributed by atoms with Gasteiger partial charge in [0.25, 0.3) is 5.91 Å². The van der Waals surface area contributed by atoms with Gasteiger partial charge in [-0.15, -0.1) is 0 Å². The van der Waals surface area contributed by atoms with Gasteiger partial charge in [0.05, 0.1) is 12.5 Å². The smallest absolute Gasteiger partial charge is 0.322 e. The Kier molecular flexibility index (Phi) is 2.77. The molecule has 0 radical (unpaired) electrons. The zero-order valence-electron chi connectivity index (χ0n) is 11.0. The van der Waals surface area contributed by atoms with Crippen LogP contribution in [0, 0.1) is 5.92 Å². The lowest BCUT2D eigenvalue weighted by molar-refractivity contribution is -0.154. The first kappa shape index (κ1) is 13.1. The van der Waals surface area contributed by atoms with Crippen molar-refractivity contribution in [3.63, 3.8) is 0 Å². The summed E-state index contributed by atoms with van der Waals surface area (Å²) in [5.74, 6) is 0.0715. The summed E-state index contributed by atoms with van der Waals surface area (Å²) >= 11 is 3.47. The molecule has 21 heavy (non-hydrogen) atoms. The van der Waals surface area contributed by atoms with Gasteiger partial charge in [0.1, 0.15) is 18.0 Å². The number of hydrogen-bond donors (Lipinski definition) is 2. The van der Waals surface area contributed by atoms with Crippen LogP contribution in [-0.2, 0) is 14.3 Å². The van der Waals surface area contributed by atoms with Gasteiger partial charge in [0, 0.05) is 0 Å². The van der Waals surface area contributed by atoms with E-state index < -0.39 is 17.7 Å². The van der Waals surface area contributed by atoms with Gasteiger partial charge in [-0.25, -0.2) is 4.79 Å². The van der Waals surface area contributed by atoms with E-state index in [2.05, 4.69) is 26.6 Å². The van der Waals surface area contributed by atoms with Crippen molar-refractivity contribution in [3.05, 3.63) is 34.5 Å². The van der Waals surface area contributed by atoms with Crippen LogP contribution in [0.3, 0.4) is 0 Å². The van der Waals surface area contributed by atoms with Crippen molar-refractivity contribution in [1.29, 1.82) is 0 Å². The van der Waals surface area contributed by atoms with Gasteiger partial charge < -0.3 is 14.8 Å². The van der Waals surface area contributed by atoms with E-state index in [9.17, 15) is 9.59 Å². The molecule has 0 bridgehead atoms. The minimum Gasteiger partial charge on any atom is -0.487 e. The quantitative estimate of drug-likeness (QED) is 0.505. The Hall–Kier alpha value is -1.60. The molecule has 2 fully saturated rings. The van der Waals surface area contributed by atoms with Gasteiger partial charge in [0.2, 0.25) is 0 Å². The number of nitrogens with one attached hydrogen (secondary N) is 2. The highest BCUT2D eigenvalue weighted by Crippen LogP contribution is 2.46. The van der Waals surface area contributed by atoms with Crippen molar-refractivity contribution < 1.29 is 19.1 Å². The molecule has 3 amide bonds. The lowest BCUT2D eigenvalue weighted by atomic mass is 9.70. The van der Waals surface area contributed by atoms with Crippen molar-refractivity contribution in [2.24, 2.45) is 5.92 Å². The number of carbonyl (C=O) groups is 2. The molecule has 0 aromatic heterocycles. The van der Waals surface area contributed by atoms with Crippen LogP contribution >= 0.6 is 15.9 Å². The van der Waals surface area contributed by atoms with E-state index >= 15 is 0 Å². The molecular formula is C14H13BrN2O4. The zero-order chi connectivity index (χ0) is 14.6. The highest BCUT2D eigenvalue weighted by molar-refractivity contribution is 9.11. The average molecular weight is 353 g/mol. The van der Waals surface area contributed by atoms with Gasteiger partial charge in [-0.05, 0) is 29.1 Å². The van der Waals surface area contributed by atoms with E-state index in [1.165, 1.54) is 0 Å². The third-order valence-corrected chi connectivity index (χ3v) is 4.95. The van der Waals surface area contributed by atoms with Crippen LogP contribution in [0.25, 0.3) is 0 Å². The predicted octanol–water partition coefficient (Wildman–Crippen LogP) is 1.10. The highest BCUT2D eigenvalue weighted by Gasteiger charge is 2.64. The molecule has 1 unspecified atom stereocenters. The Bertz CT molecular complexity index is 626. The first-order valence-electron chi connectivity index (χ1n) is 6.76. The summed E-state index contributed by atoms with van der Waals surface area (Å²) in [4.78, 5) is 24.3. The molecule has 2 N–H and O–H groups in total. The van der Waals surface area contributed by atoms with E-state index in [1.54, 1.807) is 0 Å². The van der Waals surface area contributed by atoms with Crippen LogP contribution in [0.5, 0.6) is 0 Å². The van der Waals surface area contributed by atoms with Gasteiger partial charge in [0.15, 0.2) is 5.54 Å². The third kappa shape index (κ3) is 1.74. The number of hydrogen-bond acceptors (Lipinski definition) is 4. The zero-order valence-corrected chi connectivity index (χ0v) is 12.6. The minimum absolute atomic E-state index is 0.281. The van der Waals surface area contributed by atoms with Crippen LogP contribution in [0.4, 0.5) is 4.79 Å². The molecule has 1 spiro atoms. The van der Waals surface area contributed by atoms with Crippen molar-refractivity contribution in [1.82, 2.24) is 10.6 Å². The van der Waals surface area contributed by atoms with Crippen LogP contribution < -0.4 is 10.6 Å². The molecule has 110 valence electrons. The molecule has 3 aliphatic heterocycles. The van der Waals surface area contributed by atoms with Crippen molar-refractivity contribution in [3.8, 4) is 0 Å². The Balaban J connectivity index is 1.86. The number of halogens is 1. The normalized spacial score (nSPS) is 40.5. The molecule has 0 saturated carbocycles. The molecule has 1 aliphatic carbocycles. The molecule has 0 aromatic carbocycles. The van der Waals surface area contributed by atoms with Crippen LogP contribution in [0.15, 0.2) is 34.5 Å². The Morgan fingerprint density at radius 3 is 2.95 bits per heavy atom. The predicted molar refractivity (Wildman–Crippen MR) is 76.4 cm³/mol. The fourth-order valence-electron chi connectivity index (χ4n) is 3.48. The number of ether oxygens (including phenoxy) is 2. The second-order valence-corrected chi connectivity index (χ2v) is 6.50. The number of carbonyl (C=O) groups excluding carboxylic acids is 2. The molecule has 2 saturated heterocycles. The van der Waals surface area contributed by atoms with Gasteiger partial charge >= 0.3 is 6.03 Å². The maximum Gasteiger partial charge on any atom is 0.322 e. The number of rotatable bonds is 0. The Morgan fingerprint density at radius 2 is 2.19 bits per heavy atom. The van der Waals surface area contributed by atoms with Crippen LogP contribution in [-0.4, -0.2) is 36.3 Å². The van der Waals surface area contributed by atoms with Gasteiger partial charge in [-0.1, -0.05) is 22.0 Å². The number of urea groups is 1. The molecule has 4 rings (SSSR count). The average Bonchev–Trinajstić information content (AvgIpc) is 2.76. The standard InChI is InChI=1S/C14H13BrN2O4/c15-7-3-4-9-8(6-7)14(12(18)16-13(19)17-14)11-10(21-9)2-1-5-20-11/h1-4,8,10-11H,5-6H2,(H2,16,17,18,19)/t8?,10-,11-,14+/m0/s1. The van der Waals surface area contributed by atoms with E-state index in [0.29, 0.717) is 18.8 Å². The first-order valence-corrected chi connectivity index (χ1v) is 7.55. The second-order valence-electron chi connectivity index (χ2n) is 5.48. The maximum atomic E-state index is 12.6. The molecular weight excluding hydrogens is 340 g/mol. The topological polar surface area (TPSA) is 76.7 Å². The van der Waals surface area contributed by atoms with Gasteiger partial charge in [-0.3, -0.25) is 10.1 Å². The fourth-order valence-corrected chi connectivity index (χ4v) is 3.93. The van der Waals surface area contributed by atoms with E-state index in [-0.39, 0.29) is 17.9 Å². The monoisotopic (exact) mass is 352 g/mol. The molecule has 7 heteroatoms. The number of amides is 3. The molecule has 4 aliphatic rings. The molecule has 0 aromatic rings. The largest absolute Gasteiger partial charge is 0.487 e. The van der Waals surface area contributed by atoms with Crippen molar-refractivity contribution >= 4 is 27.9 Å². The molecule has 4 atom stereocenters. The Morgan fingerprint density at radius 1 is 1.33 bits per heavy atom. The first-order chi connectivity index (χ1) is 10.1. The highest BCUT2D eigenvalue weighted by atomic mass is 79.9. The number of imide groups is 1. The summed E-state index contributed by atoms with van der Waals surface area (Å²) in [6.07, 6.45) is 7.16. The number of fused-ring (bicyclic) bond motifs is 4. The summed E-state index contributed by atoms with van der Waals surface area (Å²) in [5.41, 5.74) is -1.12. The van der Waals surface area contributed by atoms with E-state index in [1.807, 2.05) is 24.3 Å². The van der Waals surface area contributed by atoms with Crippen molar-refractivity contribution in [2.75, 3.05) is 6.61 Å². The molecule has 6 nitrogen and oxygen atoms in total. The summed E-state index contributed by atoms with van der Waals surface area (Å²) in [6.45, 7) is 0.401. The lowest BCUT2D eigenvalue weighted by Gasteiger charge is -2.49. The van der Waals surface area contributed by atoms with Crippen LogP contribution in [0.2, 0.25) is 0 Å². The summed E-state index contributed by atoms with van der Waals surface area (Å²) in [6, 6.07) is -0.483. The maximum absolute atomic E-state index is 12.6. The summed E-state index contributed by atoms with van der Waals surface area (Å²) in [7, 11) is 0. The lowest BCUT2D eigenvalue weighted by Crippen LogP contribution is -2.69. The summed E-state index contributed by atoms with van der Waals surface area (Å²) in [5, 5.41) is 5.16. The van der Waals surface area contributed by atoms with Crippen molar-refractivity contribution in [2.45, 2.75) is 24.2 Å². The summed E-state index contributed by atoms with van der Waals surface area (Å²) < 4.78 is 12.7. The van der Waals surface area contributed by atoms with Gasteiger partial charge in [-0.2, -0.15) is 0 Å². The fraction of sp³-hybridized carbons (Fsp3) is 0.429. The Labute approximate surface area is 129 Å². The second kappa shape index (κ2) is 4.45. The van der Waals surface area contributed by atoms with Crippen LogP contribution in [0.1, 0.15) is 6.42 Å². The number of allylic oxidation sites excluding steroid dienone is 3.